The summed E-state index contributed by atoms with van der Waals surface area (Å²) in [5.41, 5.74) is 0.986. The van der Waals surface area contributed by atoms with Crippen molar-refractivity contribution < 1.29 is 4.79 Å². The Hall–Kier alpha value is -1.55. The average molecular weight is 219 g/mol. The first-order valence-corrected chi connectivity index (χ1v) is 5.59. The second-order valence-corrected chi connectivity index (χ2v) is 3.86. The Morgan fingerprint density at radius 1 is 1.25 bits per heavy atom. The van der Waals surface area contributed by atoms with Gasteiger partial charge in [-0.2, -0.15) is 0 Å². The molecule has 0 aromatic heterocycles. The molecule has 0 spiro atoms. The summed E-state index contributed by atoms with van der Waals surface area (Å²) in [5, 5.41) is 3.06. The van der Waals surface area contributed by atoms with Crippen molar-refractivity contribution in [2.24, 2.45) is 0 Å². The standard InChI is InChI=1S/C12H17N3O/c1-13-7-8-14-9-10-15(12(14)16)11-5-3-2-4-6-11/h2-6,13H,7-10H2,1H3. The van der Waals surface area contributed by atoms with Crippen LogP contribution >= 0.6 is 0 Å². The van der Waals surface area contributed by atoms with Crippen LogP contribution in [0.3, 0.4) is 0 Å². The highest BCUT2D eigenvalue weighted by Gasteiger charge is 2.28. The van der Waals surface area contributed by atoms with Gasteiger partial charge in [0.05, 0.1) is 0 Å². The van der Waals surface area contributed by atoms with Gasteiger partial charge in [0, 0.05) is 31.9 Å². The second-order valence-electron chi connectivity index (χ2n) is 3.86. The predicted octanol–water partition coefficient (Wildman–Crippen LogP) is 1.15. The van der Waals surface area contributed by atoms with E-state index in [0.717, 1.165) is 31.9 Å². The fraction of sp³-hybridized carbons (Fsp3) is 0.417. The third kappa shape index (κ3) is 2.17. The third-order valence-electron chi connectivity index (χ3n) is 2.79. The molecule has 0 radical (unpaired) electrons. The van der Waals surface area contributed by atoms with E-state index in [9.17, 15) is 4.79 Å². The van der Waals surface area contributed by atoms with Crippen LogP contribution in [0.4, 0.5) is 10.5 Å². The van der Waals surface area contributed by atoms with Crippen molar-refractivity contribution in [3.05, 3.63) is 30.3 Å². The number of nitrogens with one attached hydrogen (secondary N) is 1. The molecule has 1 aromatic rings. The van der Waals surface area contributed by atoms with Crippen LogP contribution in [-0.2, 0) is 0 Å². The fourth-order valence-corrected chi connectivity index (χ4v) is 1.88. The van der Waals surface area contributed by atoms with Gasteiger partial charge >= 0.3 is 6.03 Å². The molecule has 0 saturated carbocycles. The van der Waals surface area contributed by atoms with Crippen LogP contribution in [0.25, 0.3) is 0 Å². The maximum absolute atomic E-state index is 12.0. The minimum Gasteiger partial charge on any atom is -0.321 e. The number of hydrogen-bond donors (Lipinski definition) is 1. The molecule has 0 atom stereocenters. The van der Waals surface area contributed by atoms with Crippen LogP contribution in [-0.4, -0.2) is 44.2 Å². The summed E-state index contributed by atoms with van der Waals surface area (Å²) in [6.45, 7) is 3.22. The zero-order valence-electron chi connectivity index (χ0n) is 9.52. The molecule has 1 aromatic carbocycles. The Morgan fingerprint density at radius 3 is 2.69 bits per heavy atom. The van der Waals surface area contributed by atoms with E-state index in [2.05, 4.69) is 5.32 Å². The maximum Gasteiger partial charge on any atom is 0.324 e. The highest BCUT2D eigenvalue weighted by molar-refractivity contribution is 5.94. The normalized spacial score (nSPS) is 15.9. The molecule has 1 aliphatic heterocycles. The number of anilines is 1. The van der Waals surface area contributed by atoms with E-state index in [1.807, 2.05) is 47.2 Å². The van der Waals surface area contributed by atoms with Crippen molar-refractivity contribution >= 4 is 11.7 Å². The molecule has 0 unspecified atom stereocenters. The molecule has 1 fully saturated rings. The molecule has 1 saturated heterocycles. The number of carbonyl (C=O) groups is 1. The smallest absolute Gasteiger partial charge is 0.321 e. The molecule has 2 amide bonds. The van der Waals surface area contributed by atoms with Gasteiger partial charge < -0.3 is 10.2 Å². The summed E-state index contributed by atoms with van der Waals surface area (Å²) in [4.78, 5) is 15.7. The monoisotopic (exact) mass is 219 g/mol. The number of hydrogen-bond acceptors (Lipinski definition) is 2. The van der Waals surface area contributed by atoms with Crippen LogP contribution in [0, 0.1) is 0 Å². The Kier molecular flexibility index (Phi) is 3.41. The summed E-state index contributed by atoms with van der Waals surface area (Å²) < 4.78 is 0. The van der Waals surface area contributed by atoms with Gasteiger partial charge in [-0.05, 0) is 19.2 Å². The lowest BCUT2D eigenvalue weighted by Crippen LogP contribution is -2.35. The zero-order chi connectivity index (χ0) is 11.4. The minimum absolute atomic E-state index is 0.112. The van der Waals surface area contributed by atoms with Gasteiger partial charge in [0.15, 0.2) is 0 Å². The first kappa shape index (κ1) is 11.0. The van der Waals surface area contributed by atoms with E-state index in [-0.39, 0.29) is 6.03 Å². The first-order valence-electron chi connectivity index (χ1n) is 5.59. The van der Waals surface area contributed by atoms with E-state index >= 15 is 0 Å². The van der Waals surface area contributed by atoms with E-state index in [1.165, 1.54) is 0 Å². The lowest BCUT2D eigenvalue weighted by atomic mass is 10.3. The molecule has 1 heterocycles. The van der Waals surface area contributed by atoms with E-state index in [1.54, 1.807) is 0 Å². The van der Waals surface area contributed by atoms with Crippen molar-refractivity contribution in [3.8, 4) is 0 Å². The van der Waals surface area contributed by atoms with Crippen LogP contribution in [0.5, 0.6) is 0 Å². The summed E-state index contributed by atoms with van der Waals surface area (Å²) >= 11 is 0. The number of rotatable bonds is 4. The number of nitrogens with zero attached hydrogens (tertiary/aromatic N) is 2. The summed E-state index contributed by atoms with van der Waals surface area (Å²) in [6, 6.07) is 9.93. The molecule has 2 rings (SSSR count). The lowest BCUT2D eigenvalue weighted by molar-refractivity contribution is 0.221. The van der Waals surface area contributed by atoms with Crippen molar-refractivity contribution in [1.82, 2.24) is 10.2 Å². The summed E-state index contributed by atoms with van der Waals surface area (Å²) in [5.74, 6) is 0. The van der Waals surface area contributed by atoms with Gasteiger partial charge in [-0.25, -0.2) is 4.79 Å². The Bertz CT molecular complexity index is 353. The number of likely N-dealkylation sites (N-methyl/N-ethyl adjacent to an activating group) is 1. The molecular weight excluding hydrogens is 202 g/mol. The minimum atomic E-state index is 0.112. The molecule has 86 valence electrons. The predicted molar refractivity (Wildman–Crippen MR) is 64.7 cm³/mol. The van der Waals surface area contributed by atoms with Gasteiger partial charge in [0.25, 0.3) is 0 Å². The molecule has 1 N–H and O–H groups in total. The topological polar surface area (TPSA) is 35.6 Å². The quantitative estimate of drug-likeness (QED) is 0.824. The number of para-hydroxylation sites is 1. The summed E-state index contributed by atoms with van der Waals surface area (Å²) in [6.07, 6.45) is 0. The number of benzene rings is 1. The van der Waals surface area contributed by atoms with Gasteiger partial charge in [0.1, 0.15) is 0 Å². The SMILES string of the molecule is CNCCN1CCN(c2ccccc2)C1=O. The van der Waals surface area contributed by atoms with Crippen molar-refractivity contribution in [2.45, 2.75) is 0 Å². The Morgan fingerprint density at radius 2 is 2.00 bits per heavy atom. The molecule has 0 aliphatic carbocycles. The molecule has 16 heavy (non-hydrogen) atoms. The van der Waals surface area contributed by atoms with Gasteiger partial charge in [-0.3, -0.25) is 4.90 Å². The number of carbonyl (C=O) groups excluding carboxylic acids is 1. The molecule has 1 aliphatic rings. The first-order chi connectivity index (χ1) is 7.83. The molecule has 0 bridgehead atoms. The number of urea groups is 1. The van der Waals surface area contributed by atoms with Crippen molar-refractivity contribution in [2.75, 3.05) is 38.1 Å². The van der Waals surface area contributed by atoms with Crippen molar-refractivity contribution in [3.63, 3.8) is 0 Å². The van der Waals surface area contributed by atoms with E-state index in [0.29, 0.717) is 0 Å². The Labute approximate surface area is 95.8 Å². The van der Waals surface area contributed by atoms with Gasteiger partial charge in [-0.1, -0.05) is 18.2 Å². The third-order valence-corrected chi connectivity index (χ3v) is 2.79. The highest BCUT2D eigenvalue weighted by Crippen LogP contribution is 2.19. The van der Waals surface area contributed by atoms with E-state index in [4.69, 9.17) is 0 Å². The molecule has 4 nitrogen and oxygen atoms in total. The van der Waals surface area contributed by atoms with Crippen molar-refractivity contribution in [1.29, 1.82) is 0 Å². The van der Waals surface area contributed by atoms with Gasteiger partial charge in [0.2, 0.25) is 0 Å². The molecule has 4 heteroatoms. The van der Waals surface area contributed by atoms with Gasteiger partial charge in [-0.15, -0.1) is 0 Å². The largest absolute Gasteiger partial charge is 0.324 e. The zero-order valence-corrected chi connectivity index (χ0v) is 9.52. The number of amides is 2. The molecular formula is C12H17N3O. The van der Waals surface area contributed by atoms with E-state index < -0.39 is 0 Å². The average Bonchev–Trinajstić information content (AvgIpc) is 2.69. The Balaban J connectivity index is 2.02. The van der Waals surface area contributed by atoms with Crippen LogP contribution < -0.4 is 10.2 Å². The fourth-order valence-electron chi connectivity index (χ4n) is 1.88. The van der Waals surface area contributed by atoms with Crippen LogP contribution in [0.2, 0.25) is 0 Å². The lowest BCUT2D eigenvalue weighted by Gasteiger charge is -2.18. The maximum atomic E-state index is 12.0. The highest BCUT2D eigenvalue weighted by atomic mass is 16.2. The summed E-state index contributed by atoms with van der Waals surface area (Å²) in [7, 11) is 1.90. The van der Waals surface area contributed by atoms with Crippen LogP contribution in [0.1, 0.15) is 0 Å². The van der Waals surface area contributed by atoms with Crippen LogP contribution in [0.15, 0.2) is 30.3 Å². The second kappa shape index (κ2) is 4.99.